The standard InChI is InChI=1S/C34H33F4N9O/c1-33(2,3)18-42-29-20(14-40)15-41-28-19(13-39)11-21(12-25(28)29)43-30(26-16-47(45-44-26)34(8-9-34)32(37)38)23-5-4-6-24-22(23)7-10-46(31(24)48)17-27(35)36/h4-7,10-12,15-16,27,30,32,43-45H,8-9,17-18H2,1-3H3,(H,41,42)/t30-/m0/s1. The molecule has 1 aliphatic heterocycles. The van der Waals surface area contributed by atoms with E-state index in [1.165, 1.54) is 17.4 Å². The third-order valence-electron chi connectivity index (χ3n) is 8.56. The Kier molecular flexibility index (Phi) is 8.39. The molecular weight excluding hydrogens is 626 g/mol. The number of nitrogens with zero attached hydrogens (tertiary/aromatic N) is 5. The predicted molar refractivity (Wildman–Crippen MR) is 174 cm³/mol. The Morgan fingerprint density at radius 3 is 2.44 bits per heavy atom. The molecule has 14 heteroatoms. The van der Waals surface area contributed by atoms with Gasteiger partial charge < -0.3 is 20.6 Å². The molecule has 1 aliphatic carbocycles. The van der Waals surface area contributed by atoms with E-state index in [2.05, 4.69) is 38.7 Å². The first-order chi connectivity index (χ1) is 22.8. The van der Waals surface area contributed by atoms with Crippen LogP contribution in [0.4, 0.5) is 28.9 Å². The highest BCUT2D eigenvalue weighted by molar-refractivity contribution is 5.99. The van der Waals surface area contributed by atoms with Gasteiger partial charge in [-0.3, -0.25) is 14.8 Å². The minimum atomic E-state index is -2.73. The average Bonchev–Trinajstić information content (AvgIpc) is 3.72. The SMILES string of the molecule is CC(C)(C)CNc1c(C#N)cnc2c(C#N)cc(N[C@H](C3=CN(C4(C(F)F)CC4)NN3)c3cccc4c(=O)n(CC(F)F)ccc34)cc12. The zero-order valence-corrected chi connectivity index (χ0v) is 26.4. The van der Waals surface area contributed by atoms with E-state index in [1.54, 1.807) is 42.6 Å². The molecule has 0 radical (unpaired) electrons. The van der Waals surface area contributed by atoms with Crippen LogP contribution in [0.15, 0.2) is 65.5 Å². The van der Waals surface area contributed by atoms with Crippen molar-refractivity contribution < 1.29 is 17.6 Å². The molecular formula is C34H33F4N9O. The highest BCUT2D eigenvalue weighted by atomic mass is 19.3. The Labute approximate surface area is 273 Å². The van der Waals surface area contributed by atoms with E-state index in [4.69, 9.17) is 0 Å². The molecule has 1 fully saturated rings. The van der Waals surface area contributed by atoms with Crippen molar-refractivity contribution in [3.05, 3.63) is 87.7 Å². The van der Waals surface area contributed by atoms with Crippen LogP contribution in [0, 0.1) is 28.1 Å². The number of nitrogens with one attached hydrogen (secondary N) is 4. The number of hydrogen-bond acceptors (Lipinski definition) is 9. The van der Waals surface area contributed by atoms with Crippen molar-refractivity contribution in [3.8, 4) is 12.1 Å². The lowest BCUT2D eigenvalue weighted by Crippen LogP contribution is -2.48. The summed E-state index contributed by atoms with van der Waals surface area (Å²) in [5.41, 5.74) is 6.57. The van der Waals surface area contributed by atoms with E-state index in [1.807, 2.05) is 20.8 Å². The average molecular weight is 660 g/mol. The lowest BCUT2D eigenvalue weighted by Gasteiger charge is -2.25. The van der Waals surface area contributed by atoms with Crippen LogP contribution >= 0.6 is 0 Å². The number of aromatic nitrogens is 2. The molecule has 0 saturated heterocycles. The van der Waals surface area contributed by atoms with Gasteiger partial charge in [-0.2, -0.15) is 10.5 Å². The van der Waals surface area contributed by atoms with Gasteiger partial charge in [0.15, 0.2) is 0 Å². The van der Waals surface area contributed by atoms with Crippen LogP contribution in [0.25, 0.3) is 21.7 Å². The zero-order valence-electron chi connectivity index (χ0n) is 26.4. The molecule has 48 heavy (non-hydrogen) atoms. The molecule has 4 N–H and O–H groups in total. The van der Waals surface area contributed by atoms with Gasteiger partial charge in [-0.1, -0.05) is 32.9 Å². The van der Waals surface area contributed by atoms with Crippen LogP contribution in [-0.4, -0.2) is 39.5 Å². The van der Waals surface area contributed by atoms with Crippen molar-refractivity contribution in [2.45, 2.75) is 64.6 Å². The molecule has 10 nitrogen and oxygen atoms in total. The van der Waals surface area contributed by atoms with Crippen molar-refractivity contribution in [2.24, 2.45) is 5.41 Å². The molecule has 0 amide bonds. The molecule has 2 aromatic heterocycles. The largest absolute Gasteiger partial charge is 0.383 e. The molecule has 0 unspecified atom stereocenters. The Bertz CT molecular complexity index is 2070. The summed E-state index contributed by atoms with van der Waals surface area (Å²) in [7, 11) is 0. The molecule has 4 aromatic rings. The number of benzene rings is 2. The van der Waals surface area contributed by atoms with E-state index in [0.717, 1.165) is 4.57 Å². The van der Waals surface area contributed by atoms with Gasteiger partial charge in [0, 0.05) is 41.6 Å². The Balaban J connectivity index is 1.51. The summed E-state index contributed by atoms with van der Waals surface area (Å²) in [6.07, 6.45) is -0.494. The maximum atomic E-state index is 14.1. The van der Waals surface area contributed by atoms with Gasteiger partial charge in [-0.15, -0.1) is 5.53 Å². The van der Waals surface area contributed by atoms with Gasteiger partial charge in [0.2, 0.25) is 0 Å². The normalized spacial score (nSPS) is 16.1. The topological polar surface area (TPSA) is 134 Å². The molecule has 3 heterocycles. The first-order valence-electron chi connectivity index (χ1n) is 15.3. The highest BCUT2D eigenvalue weighted by Gasteiger charge is 2.56. The van der Waals surface area contributed by atoms with E-state index in [-0.39, 0.29) is 29.2 Å². The first-order valence-corrected chi connectivity index (χ1v) is 15.3. The molecule has 2 aliphatic rings. The fourth-order valence-electron chi connectivity index (χ4n) is 5.88. The Morgan fingerprint density at radius 2 is 1.79 bits per heavy atom. The summed E-state index contributed by atoms with van der Waals surface area (Å²) in [6, 6.07) is 13.4. The van der Waals surface area contributed by atoms with E-state index < -0.39 is 36.5 Å². The Hall–Kier alpha value is -5.34. The summed E-state index contributed by atoms with van der Waals surface area (Å²) in [5, 5.41) is 29.3. The van der Waals surface area contributed by atoms with Crippen LogP contribution in [-0.2, 0) is 6.54 Å². The fourth-order valence-corrected chi connectivity index (χ4v) is 5.88. The van der Waals surface area contributed by atoms with Gasteiger partial charge in [-0.05, 0) is 53.5 Å². The molecule has 2 aromatic carbocycles. The van der Waals surface area contributed by atoms with Crippen molar-refractivity contribution in [3.63, 3.8) is 0 Å². The lowest BCUT2D eigenvalue weighted by molar-refractivity contribution is 0.00911. The van der Waals surface area contributed by atoms with Crippen LogP contribution in [0.3, 0.4) is 0 Å². The minimum Gasteiger partial charge on any atom is -0.383 e. The summed E-state index contributed by atoms with van der Waals surface area (Å²) in [4.78, 5) is 17.7. The van der Waals surface area contributed by atoms with E-state index >= 15 is 0 Å². The number of nitriles is 2. The zero-order chi connectivity index (χ0) is 34.4. The number of hydrogen-bond donors (Lipinski definition) is 4. The third kappa shape index (κ3) is 6.07. The first kappa shape index (κ1) is 32.6. The predicted octanol–water partition coefficient (Wildman–Crippen LogP) is 6.13. The molecule has 1 atom stereocenters. The van der Waals surface area contributed by atoms with Crippen LogP contribution < -0.4 is 27.2 Å². The number of hydrazine groups is 2. The van der Waals surface area contributed by atoms with Gasteiger partial charge in [0.05, 0.1) is 40.6 Å². The van der Waals surface area contributed by atoms with Gasteiger partial charge in [0.1, 0.15) is 17.7 Å². The quantitative estimate of drug-likeness (QED) is 0.148. The highest BCUT2D eigenvalue weighted by Crippen LogP contribution is 2.47. The van der Waals surface area contributed by atoms with Crippen molar-refractivity contribution in [1.29, 1.82) is 10.5 Å². The van der Waals surface area contributed by atoms with Crippen molar-refractivity contribution in [1.82, 2.24) is 25.5 Å². The maximum Gasteiger partial charge on any atom is 0.262 e. The fraction of sp³-hybridized carbons (Fsp3) is 0.353. The number of halogens is 4. The summed E-state index contributed by atoms with van der Waals surface area (Å²) >= 11 is 0. The second-order valence-corrected chi connectivity index (χ2v) is 13.3. The number of fused-ring (bicyclic) bond motifs is 2. The van der Waals surface area contributed by atoms with Crippen molar-refractivity contribution >= 4 is 33.1 Å². The number of pyridine rings is 2. The Morgan fingerprint density at radius 1 is 1.04 bits per heavy atom. The van der Waals surface area contributed by atoms with E-state index in [9.17, 15) is 32.9 Å². The molecule has 6 rings (SSSR count). The van der Waals surface area contributed by atoms with Gasteiger partial charge in [-0.25, -0.2) is 17.6 Å². The lowest BCUT2D eigenvalue weighted by atomic mass is 9.96. The molecule has 248 valence electrons. The monoisotopic (exact) mass is 659 g/mol. The maximum absolute atomic E-state index is 14.1. The van der Waals surface area contributed by atoms with Crippen LogP contribution in [0.1, 0.15) is 56.3 Å². The third-order valence-corrected chi connectivity index (χ3v) is 8.56. The summed E-state index contributed by atoms with van der Waals surface area (Å²) in [5.74, 6) is 0. The minimum absolute atomic E-state index is 0.139. The molecule has 0 spiro atoms. The molecule has 1 saturated carbocycles. The number of alkyl halides is 4. The van der Waals surface area contributed by atoms with Crippen LogP contribution in [0.5, 0.6) is 0 Å². The second-order valence-electron chi connectivity index (χ2n) is 13.3. The summed E-state index contributed by atoms with van der Waals surface area (Å²) < 4.78 is 55.5. The van der Waals surface area contributed by atoms with E-state index in [0.29, 0.717) is 51.0 Å². The van der Waals surface area contributed by atoms with Gasteiger partial charge in [0.25, 0.3) is 18.4 Å². The number of rotatable bonds is 10. The second kappa shape index (κ2) is 12.4. The smallest absolute Gasteiger partial charge is 0.262 e. The van der Waals surface area contributed by atoms with Crippen molar-refractivity contribution in [2.75, 3.05) is 17.2 Å². The number of anilines is 2. The van der Waals surface area contributed by atoms with Crippen LogP contribution in [0.2, 0.25) is 0 Å². The molecule has 0 bridgehead atoms. The summed E-state index contributed by atoms with van der Waals surface area (Å²) in [6.45, 7) is 5.88. The van der Waals surface area contributed by atoms with Gasteiger partial charge >= 0.3 is 0 Å².